The molecule has 0 N–H and O–H groups in total. The molecule has 0 radical (unpaired) electrons. The normalized spacial score (nSPS) is 12.7. The van der Waals surface area contributed by atoms with Gasteiger partial charge in [0.15, 0.2) is 0 Å². The minimum atomic E-state index is 0.488. The highest BCUT2D eigenvalue weighted by Gasteiger charge is 2.06. The van der Waals surface area contributed by atoms with Gasteiger partial charge in [-0.15, -0.1) is 0 Å². The number of hydrogen-bond donors (Lipinski definition) is 0. The van der Waals surface area contributed by atoms with Crippen molar-refractivity contribution in [1.29, 1.82) is 0 Å². The number of aromatic nitrogens is 1. The smallest absolute Gasteiger partial charge is 0.0305 e. The average molecular weight is 251 g/mol. The van der Waals surface area contributed by atoms with Crippen LogP contribution in [0.2, 0.25) is 0 Å². The van der Waals surface area contributed by atoms with Crippen molar-refractivity contribution >= 4 is 0 Å². The van der Waals surface area contributed by atoms with Gasteiger partial charge in [-0.1, -0.05) is 61.9 Å². The molecule has 1 aromatic heterocycles. The summed E-state index contributed by atoms with van der Waals surface area (Å²) in [5, 5.41) is 0. The van der Waals surface area contributed by atoms with Crippen LogP contribution in [0.5, 0.6) is 0 Å². The molecule has 0 bridgehead atoms. The minimum absolute atomic E-state index is 0.488. The second kappa shape index (κ2) is 7.52. The maximum absolute atomic E-state index is 4.22. The van der Waals surface area contributed by atoms with Crippen LogP contribution in [0.25, 0.3) is 0 Å². The molecule has 1 aromatic carbocycles. The SMILES string of the molecule is CCCC(C=CCc1ccccc1)c1cccnc1. The van der Waals surface area contributed by atoms with Crippen LogP contribution in [0.15, 0.2) is 67.0 Å². The van der Waals surface area contributed by atoms with Crippen molar-refractivity contribution in [3.63, 3.8) is 0 Å². The van der Waals surface area contributed by atoms with Gasteiger partial charge >= 0.3 is 0 Å². The molecule has 0 saturated carbocycles. The molecule has 19 heavy (non-hydrogen) atoms. The van der Waals surface area contributed by atoms with E-state index in [1.807, 2.05) is 18.5 Å². The first-order chi connectivity index (χ1) is 9.40. The minimum Gasteiger partial charge on any atom is -0.264 e. The molecule has 0 fully saturated rings. The van der Waals surface area contributed by atoms with Gasteiger partial charge in [0, 0.05) is 18.3 Å². The van der Waals surface area contributed by atoms with Crippen LogP contribution >= 0.6 is 0 Å². The molecule has 1 heterocycles. The topological polar surface area (TPSA) is 12.9 Å². The molecule has 0 aliphatic carbocycles. The van der Waals surface area contributed by atoms with Gasteiger partial charge in [0.25, 0.3) is 0 Å². The van der Waals surface area contributed by atoms with Crippen LogP contribution in [-0.2, 0) is 6.42 Å². The lowest BCUT2D eigenvalue weighted by molar-refractivity contribution is 0.713. The first-order valence-corrected chi connectivity index (χ1v) is 7.00. The van der Waals surface area contributed by atoms with E-state index in [1.54, 1.807) is 0 Å². The van der Waals surface area contributed by atoms with Crippen LogP contribution in [0.3, 0.4) is 0 Å². The third kappa shape index (κ3) is 4.36. The van der Waals surface area contributed by atoms with Crippen molar-refractivity contribution in [2.24, 2.45) is 0 Å². The highest BCUT2D eigenvalue weighted by Crippen LogP contribution is 2.22. The van der Waals surface area contributed by atoms with Gasteiger partial charge in [-0.2, -0.15) is 0 Å². The van der Waals surface area contributed by atoms with E-state index >= 15 is 0 Å². The number of hydrogen-bond acceptors (Lipinski definition) is 1. The first-order valence-electron chi connectivity index (χ1n) is 7.00. The third-order valence-corrected chi connectivity index (χ3v) is 3.28. The molecule has 1 heteroatoms. The van der Waals surface area contributed by atoms with E-state index in [0.717, 1.165) is 6.42 Å². The van der Waals surface area contributed by atoms with Crippen molar-refractivity contribution in [3.8, 4) is 0 Å². The largest absolute Gasteiger partial charge is 0.264 e. The van der Waals surface area contributed by atoms with Crippen LogP contribution in [0.1, 0.15) is 36.8 Å². The van der Waals surface area contributed by atoms with E-state index < -0.39 is 0 Å². The molecule has 2 aromatic rings. The second-order valence-electron chi connectivity index (χ2n) is 4.80. The number of pyridine rings is 1. The van der Waals surface area contributed by atoms with Crippen LogP contribution in [0, 0.1) is 0 Å². The lowest BCUT2D eigenvalue weighted by Crippen LogP contribution is -1.95. The van der Waals surface area contributed by atoms with E-state index in [-0.39, 0.29) is 0 Å². The van der Waals surface area contributed by atoms with Gasteiger partial charge in [-0.3, -0.25) is 4.98 Å². The summed E-state index contributed by atoms with van der Waals surface area (Å²) in [5.74, 6) is 0.488. The summed E-state index contributed by atoms with van der Waals surface area (Å²) < 4.78 is 0. The maximum atomic E-state index is 4.22. The van der Waals surface area contributed by atoms with Crippen molar-refractivity contribution in [1.82, 2.24) is 4.98 Å². The fraction of sp³-hybridized carbons (Fsp3) is 0.278. The molecule has 98 valence electrons. The highest BCUT2D eigenvalue weighted by atomic mass is 14.6. The van der Waals surface area contributed by atoms with Crippen LogP contribution in [0.4, 0.5) is 0 Å². The van der Waals surface area contributed by atoms with E-state index in [2.05, 4.69) is 60.5 Å². The lowest BCUT2D eigenvalue weighted by atomic mass is 9.95. The zero-order valence-electron chi connectivity index (χ0n) is 11.5. The number of benzene rings is 1. The van der Waals surface area contributed by atoms with Crippen molar-refractivity contribution in [2.75, 3.05) is 0 Å². The van der Waals surface area contributed by atoms with E-state index in [4.69, 9.17) is 0 Å². The fourth-order valence-electron chi connectivity index (χ4n) is 2.26. The Bertz CT molecular complexity index is 488. The molecular weight excluding hydrogens is 230 g/mol. The van der Waals surface area contributed by atoms with E-state index in [0.29, 0.717) is 5.92 Å². The molecule has 0 spiro atoms. The fourth-order valence-corrected chi connectivity index (χ4v) is 2.26. The van der Waals surface area contributed by atoms with Gasteiger partial charge in [0.2, 0.25) is 0 Å². The predicted molar refractivity (Wildman–Crippen MR) is 81.2 cm³/mol. The second-order valence-corrected chi connectivity index (χ2v) is 4.80. The highest BCUT2D eigenvalue weighted by molar-refractivity contribution is 5.22. The van der Waals surface area contributed by atoms with Gasteiger partial charge in [0.05, 0.1) is 0 Å². The van der Waals surface area contributed by atoms with Crippen molar-refractivity contribution in [3.05, 3.63) is 78.1 Å². The summed E-state index contributed by atoms with van der Waals surface area (Å²) >= 11 is 0. The molecule has 0 aliphatic heterocycles. The number of rotatable bonds is 6. The summed E-state index contributed by atoms with van der Waals surface area (Å²) in [7, 11) is 0. The van der Waals surface area contributed by atoms with Gasteiger partial charge < -0.3 is 0 Å². The number of nitrogens with zero attached hydrogens (tertiary/aromatic N) is 1. The van der Waals surface area contributed by atoms with Gasteiger partial charge in [-0.25, -0.2) is 0 Å². The zero-order chi connectivity index (χ0) is 13.3. The molecule has 1 atom stereocenters. The monoisotopic (exact) mass is 251 g/mol. The molecule has 2 rings (SSSR count). The Balaban J connectivity index is 2.01. The standard InChI is InChI=1S/C18H21N/c1-2-8-17(18-13-7-14-19-15-18)12-6-11-16-9-4-3-5-10-16/h3-7,9-10,12-15,17H,2,8,11H2,1H3. The molecule has 0 saturated heterocycles. The summed E-state index contributed by atoms with van der Waals surface area (Å²) in [6, 6.07) is 14.8. The molecular formula is C18H21N. The van der Waals surface area contributed by atoms with E-state index in [9.17, 15) is 0 Å². The van der Waals surface area contributed by atoms with Crippen LogP contribution in [-0.4, -0.2) is 4.98 Å². The predicted octanol–water partition coefficient (Wildman–Crippen LogP) is 4.76. The Morgan fingerprint density at radius 2 is 1.95 bits per heavy atom. The van der Waals surface area contributed by atoms with Gasteiger partial charge in [-0.05, 0) is 30.0 Å². The third-order valence-electron chi connectivity index (χ3n) is 3.28. The quantitative estimate of drug-likeness (QED) is 0.674. The Morgan fingerprint density at radius 3 is 2.63 bits per heavy atom. The Hall–Kier alpha value is -1.89. The summed E-state index contributed by atoms with van der Waals surface area (Å²) in [4.78, 5) is 4.22. The molecule has 1 nitrogen and oxygen atoms in total. The summed E-state index contributed by atoms with van der Waals surface area (Å²) in [6.45, 7) is 2.23. The Kier molecular flexibility index (Phi) is 5.36. The molecule has 1 unspecified atom stereocenters. The number of allylic oxidation sites excluding steroid dienone is 2. The first kappa shape index (κ1) is 13.5. The van der Waals surface area contributed by atoms with Crippen LogP contribution < -0.4 is 0 Å². The maximum Gasteiger partial charge on any atom is 0.0305 e. The summed E-state index contributed by atoms with van der Waals surface area (Å²) in [6.07, 6.45) is 11.8. The van der Waals surface area contributed by atoms with Crippen molar-refractivity contribution < 1.29 is 0 Å². The average Bonchev–Trinajstić information content (AvgIpc) is 2.48. The van der Waals surface area contributed by atoms with Crippen molar-refractivity contribution in [2.45, 2.75) is 32.1 Å². The van der Waals surface area contributed by atoms with E-state index in [1.165, 1.54) is 24.0 Å². The van der Waals surface area contributed by atoms with Gasteiger partial charge in [0.1, 0.15) is 0 Å². The lowest BCUT2D eigenvalue weighted by Gasteiger charge is -2.11. The zero-order valence-corrected chi connectivity index (χ0v) is 11.5. The Morgan fingerprint density at radius 1 is 1.11 bits per heavy atom. The molecule has 0 aliphatic rings. The Labute approximate surface area is 116 Å². The molecule has 0 amide bonds. The summed E-state index contributed by atoms with van der Waals surface area (Å²) in [5.41, 5.74) is 2.67.